The molecule has 1 unspecified atom stereocenters. The average molecular weight is 266 g/mol. The standard InChI is InChI=1S/C13H22N4O2/c1-5-7-14-11-8-12(17-10(6-2)16-11)15-9(3)13(18)19-4/h8-9H,5-7H2,1-4H3,(H2,14,15,16,17). The van der Waals surface area contributed by atoms with E-state index in [1.54, 1.807) is 13.0 Å². The van der Waals surface area contributed by atoms with Crippen LogP contribution in [-0.2, 0) is 16.0 Å². The predicted octanol–water partition coefficient (Wildman–Crippen LogP) is 1.83. The first-order chi connectivity index (χ1) is 9.10. The lowest BCUT2D eigenvalue weighted by Crippen LogP contribution is -2.27. The summed E-state index contributed by atoms with van der Waals surface area (Å²) in [6, 6.07) is 1.36. The number of nitrogens with zero attached hydrogens (tertiary/aromatic N) is 2. The monoisotopic (exact) mass is 266 g/mol. The number of hydrogen-bond acceptors (Lipinski definition) is 6. The molecule has 0 aliphatic carbocycles. The van der Waals surface area contributed by atoms with E-state index >= 15 is 0 Å². The Morgan fingerprint density at radius 2 is 2.05 bits per heavy atom. The van der Waals surface area contributed by atoms with Crippen LogP contribution in [0.15, 0.2) is 6.07 Å². The molecule has 0 aliphatic heterocycles. The Bertz CT molecular complexity index is 423. The van der Waals surface area contributed by atoms with Gasteiger partial charge in [0.1, 0.15) is 23.5 Å². The number of rotatable bonds is 7. The van der Waals surface area contributed by atoms with Gasteiger partial charge in [-0.2, -0.15) is 0 Å². The van der Waals surface area contributed by atoms with Crippen LogP contribution < -0.4 is 10.6 Å². The van der Waals surface area contributed by atoms with E-state index in [1.165, 1.54) is 7.11 Å². The lowest BCUT2D eigenvalue weighted by Gasteiger charge is -2.14. The first-order valence-corrected chi connectivity index (χ1v) is 6.56. The lowest BCUT2D eigenvalue weighted by molar-refractivity contribution is -0.141. The number of hydrogen-bond donors (Lipinski definition) is 2. The second-order valence-electron chi connectivity index (χ2n) is 4.22. The Balaban J connectivity index is 2.84. The van der Waals surface area contributed by atoms with Crippen LogP contribution >= 0.6 is 0 Å². The van der Waals surface area contributed by atoms with Gasteiger partial charge >= 0.3 is 5.97 Å². The Kier molecular flexibility index (Phi) is 6.05. The van der Waals surface area contributed by atoms with Crippen molar-refractivity contribution in [1.82, 2.24) is 9.97 Å². The van der Waals surface area contributed by atoms with Crippen molar-refractivity contribution in [2.45, 2.75) is 39.7 Å². The zero-order valence-electron chi connectivity index (χ0n) is 12.0. The smallest absolute Gasteiger partial charge is 0.328 e. The van der Waals surface area contributed by atoms with E-state index in [2.05, 4.69) is 32.3 Å². The van der Waals surface area contributed by atoms with Crippen LogP contribution in [0.1, 0.15) is 33.0 Å². The molecule has 6 nitrogen and oxygen atoms in total. The maximum absolute atomic E-state index is 11.4. The van der Waals surface area contributed by atoms with Crippen molar-refractivity contribution in [3.05, 3.63) is 11.9 Å². The van der Waals surface area contributed by atoms with Crippen molar-refractivity contribution in [2.75, 3.05) is 24.3 Å². The largest absolute Gasteiger partial charge is 0.467 e. The molecule has 0 aliphatic rings. The number of ether oxygens (including phenoxy) is 1. The third kappa shape index (κ3) is 4.73. The summed E-state index contributed by atoms with van der Waals surface area (Å²) in [4.78, 5) is 20.1. The molecule has 0 radical (unpaired) electrons. The topological polar surface area (TPSA) is 76.1 Å². The second kappa shape index (κ2) is 7.56. The fourth-order valence-electron chi connectivity index (χ4n) is 1.53. The maximum atomic E-state index is 11.4. The van der Waals surface area contributed by atoms with Crippen LogP contribution in [0, 0.1) is 0 Å². The van der Waals surface area contributed by atoms with Crippen molar-refractivity contribution < 1.29 is 9.53 Å². The highest BCUT2D eigenvalue weighted by Crippen LogP contribution is 2.13. The zero-order chi connectivity index (χ0) is 14.3. The highest BCUT2D eigenvalue weighted by molar-refractivity contribution is 5.78. The highest BCUT2D eigenvalue weighted by Gasteiger charge is 2.14. The van der Waals surface area contributed by atoms with E-state index in [-0.39, 0.29) is 5.97 Å². The second-order valence-corrected chi connectivity index (χ2v) is 4.22. The number of carbonyl (C=O) groups is 1. The molecule has 0 aromatic carbocycles. The minimum absolute atomic E-state index is 0.320. The number of methoxy groups -OCH3 is 1. The van der Waals surface area contributed by atoms with E-state index < -0.39 is 6.04 Å². The van der Waals surface area contributed by atoms with Crippen LogP contribution in [0.5, 0.6) is 0 Å². The third-order valence-electron chi connectivity index (χ3n) is 2.56. The molecule has 19 heavy (non-hydrogen) atoms. The first kappa shape index (κ1) is 15.2. The molecule has 0 saturated heterocycles. The Labute approximate surface area is 114 Å². The van der Waals surface area contributed by atoms with Gasteiger partial charge in [0.15, 0.2) is 0 Å². The fraction of sp³-hybridized carbons (Fsp3) is 0.615. The summed E-state index contributed by atoms with van der Waals surface area (Å²) in [5.74, 6) is 1.82. The van der Waals surface area contributed by atoms with Gasteiger partial charge in [0.25, 0.3) is 0 Å². The number of anilines is 2. The summed E-state index contributed by atoms with van der Waals surface area (Å²) >= 11 is 0. The van der Waals surface area contributed by atoms with E-state index in [0.717, 1.165) is 31.0 Å². The normalized spacial score (nSPS) is 11.8. The van der Waals surface area contributed by atoms with Gasteiger partial charge in [0, 0.05) is 19.0 Å². The summed E-state index contributed by atoms with van der Waals surface area (Å²) in [5, 5.41) is 6.24. The van der Waals surface area contributed by atoms with Crippen LogP contribution in [-0.4, -0.2) is 35.6 Å². The summed E-state index contributed by atoms with van der Waals surface area (Å²) in [5.41, 5.74) is 0. The van der Waals surface area contributed by atoms with Crippen LogP contribution in [0.2, 0.25) is 0 Å². The molecule has 1 rings (SSSR count). The molecule has 106 valence electrons. The minimum Gasteiger partial charge on any atom is -0.467 e. The molecule has 1 aromatic rings. The summed E-state index contributed by atoms with van der Waals surface area (Å²) in [6.45, 7) is 6.67. The number of nitrogens with one attached hydrogen (secondary N) is 2. The van der Waals surface area contributed by atoms with Crippen molar-refractivity contribution in [1.29, 1.82) is 0 Å². The highest BCUT2D eigenvalue weighted by atomic mass is 16.5. The summed E-state index contributed by atoms with van der Waals surface area (Å²) in [7, 11) is 1.37. The lowest BCUT2D eigenvalue weighted by atomic mass is 10.3. The Morgan fingerprint density at radius 3 is 2.63 bits per heavy atom. The molecule has 2 N–H and O–H groups in total. The number of carbonyl (C=O) groups excluding carboxylic acids is 1. The quantitative estimate of drug-likeness (QED) is 0.733. The predicted molar refractivity (Wildman–Crippen MR) is 75.3 cm³/mol. The molecule has 0 bridgehead atoms. The van der Waals surface area contributed by atoms with Crippen LogP contribution in [0.3, 0.4) is 0 Å². The summed E-state index contributed by atoms with van der Waals surface area (Å²) in [6.07, 6.45) is 1.76. The molecule has 6 heteroatoms. The molecule has 0 saturated carbocycles. The van der Waals surface area contributed by atoms with Gasteiger partial charge in [-0.15, -0.1) is 0 Å². The van der Waals surface area contributed by atoms with E-state index in [1.807, 2.05) is 6.92 Å². The van der Waals surface area contributed by atoms with Gasteiger partial charge in [0.05, 0.1) is 7.11 Å². The molecule has 0 amide bonds. The number of esters is 1. The van der Waals surface area contributed by atoms with Gasteiger partial charge in [-0.1, -0.05) is 13.8 Å². The van der Waals surface area contributed by atoms with Crippen molar-refractivity contribution in [3.63, 3.8) is 0 Å². The van der Waals surface area contributed by atoms with Crippen LogP contribution in [0.4, 0.5) is 11.6 Å². The summed E-state index contributed by atoms with van der Waals surface area (Å²) < 4.78 is 4.68. The van der Waals surface area contributed by atoms with Gasteiger partial charge in [-0.05, 0) is 13.3 Å². The maximum Gasteiger partial charge on any atom is 0.328 e. The van der Waals surface area contributed by atoms with Crippen molar-refractivity contribution in [2.24, 2.45) is 0 Å². The van der Waals surface area contributed by atoms with E-state index in [9.17, 15) is 4.79 Å². The average Bonchev–Trinajstić information content (AvgIpc) is 2.43. The molecule has 1 heterocycles. The molecule has 1 aromatic heterocycles. The van der Waals surface area contributed by atoms with Crippen molar-refractivity contribution in [3.8, 4) is 0 Å². The molecule has 0 spiro atoms. The van der Waals surface area contributed by atoms with Gasteiger partial charge < -0.3 is 15.4 Å². The van der Waals surface area contributed by atoms with E-state index in [0.29, 0.717) is 5.82 Å². The van der Waals surface area contributed by atoms with Crippen molar-refractivity contribution >= 4 is 17.6 Å². The Morgan fingerprint density at radius 1 is 1.37 bits per heavy atom. The zero-order valence-corrected chi connectivity index (χ0v) is 12.0. The molecular weight excluding hydrogens is 244 g/mol. The Hall–Kier alpha value is -1.85. The fourth-order valence-corrected chi connectivity index (χ4v) is 1.53. The number of aryl methyl sites for hydroxylation is 1. The van der Waals surface area contributed by atoms with E-state index in [4.69, 9.17) is 0 Å². The number of aromatic nitrogens is 2. The van der Waals surface area contributed by atoms with Gasteiger partial charge in [0.2, 0.25) is 0 Å². The minimum atomic E-state index is -0.441. The third-order valence-corrected chi connectivity index (χ3v) is 2.56. The molecular formula is C13H22N4O2. The van der Waals surface area contributed by atoms with Crippen LogP contribution in [0.25, 0.3) is 0 Å². The SMILES string of the molecule is CCCNc1cc(NC(C)C(=O)OC)nc(CC)n1. The molecule has 0 fully saturated rings. The molecule has 1 atom stereocenters. The first-order valence-electron chi connectivity index (χ1n) is 6.56. The van der Waals surface area contributed by atoms with Gasteiger partial charge in [-0.25, -0.2) is 14.8 Å². The van der Waals surface area contributed by atoms with Gasteiger partial charge in [-0.3, -0.25) is 0 Å².